The third kappa shape index (κ3) is 1.65. The Kier molecular flexibility index (Phi) is 2.69. The number of hydrogen-bond donors (Lipinski definition) is 0. The minimum absolute atomic E-state index is 0.0310. The topological polar surface area (TPSA) is 37.4 Å². The first-order valence-electron chi connectivity index (χ1n) is 6.59. The molecule has 0 N–H and O–H groups in total. The Bertz CT molecular complexity index is 505. The highest BCUT2D eigenvalue weighted by atomic mass is 16.2. The lowest BCUT2D eigenvalue weighted by atomic mass is 9.90. The average molecular weight is 243 g/mol. The van der Waals surface area contributed by atoms with Crippen LogP contribution in [0, 0.1) is 0 Å². The van der Waals surface area contributed by atoms with Crippen molar-refractivity contribution in [1.29, 1.82) is 0 Å². The first-order valence-corrected chi connectivity index (χ1v) is 6.59. The van der Waals surface area contributed by atoms with Gasteiger partial charge in [0.05, 0.1) is 6.04 Å². The van der Waals surface area contributed by atoms with Gasteiger partial charge in [-0.15, -0.1) is 0 Å². The van der Waals surface area contributed by atoms with Crippen molar-refractivity contribution in [2.75, 3.05) is 0 Å². The second-order valence-electron chi connectivity index (χ2n) is 5.31. The zero-order valence-electron chi connectivity index (χ0n) is 10.6. The van der Waals surface area contributed by atoms with Crippen molar-refractivity contribution >= 4 is 11.7 Å². The number of amides is 1. The first-order chi connectivity index (χ1) is 8.68. The molecule has 1 aliphatic heterocycles. The van der Waals surface area contributed by atoms with Gasteiger partial charge in [0, 0.05) is 18.0 Å². The molecule has 2 aliphatic rings. The van der Waals surface area contributed by atoms with Gasteiger partial charge in [-0.3, -0.25) is 9.59 Å². The number of fused-ring (bicyclic) bond motifs is 1. The molecule has 1 atom stereocenters. The number of Topliss-reactive ketones (excluding diaryl/α,β-unsaturated/α-hetero) is 1. The molecule has 18 heavy (non-hydrogen) atoms. The Morgan fingerprint density at radius 1 is 1.33 bits per heavy atom. The van der Waals surface area contributed by atoms with Crippen LogP contribution in [0.4, 0.5) is 0 Å². The van der Waals surface area contributed by atoms with Crippen molar-refractivity contribution < 1.29 is 9.59 Å². The van der Waals surface area contributed by atoms with Gasteiger partial charge in [-0.25, -0.2) is 0 Å². The highest BCUT2D eigenvalue weighted by Crippen LogP contribution is 2.41. The molecule has 0 bridgehead atoms. The van der Waals surface area contributed by atoms with E-state index in [1.807, 2.05) is 29.2 Å². The van der Waals surface area contributed by atoms with E-state index in [1.165, 1.54) is 6.42 Å². The maximum atomic E-state index is 12.4. The van der Waals surface area contributed by atoms with E-state index in [0.717, 1.165) is 24.0 Å². The molecular weight excluding hydrogens is 226 g/mol. The van der Waals surface area contributed by atoms with Gasteiger partial charge in [-0.2, -0.15) is 0 Å². The largest absolute Gasteiger partial charge is 0.328 e. The fourth-order valence-corrected chi connectivity index (χ4v) is 2.98. The summed E-state index contributed by atoms with van der Waals surface area (Å²) < 4.78 is 0. The number of hydrogen-bond acceptors (Lipinski definition) is 2. The summed E-state index contributed by atoms with van der Waals surface area (Å²) in [4.78, 5) is 25.8. The van der Waals surface area contributed by atoms with Crippen LogP contribution in [0.15, 0.2) is 24.3 Å². The molecule has 3 heteroatoms. The Morgan fingerprint density at radius 2 is 2.06 bits per heavy atom. The predicted molar refractivity (Wildman–Crippen MR) is 68.3 cm³/mol. The molecular formula is C15H17NO2. The normalized spacial score (nSPS) is 22.8. The molecule has 1 fully saturated rings. The van der Waals surface area contributed by atoms with Crippen LogP contribution in [0.25, 0.3) is 0 Å². The van der Waals surface area contributed by atoms with E-state index in [1.54, 1.807) is 6.92 Å². The molecule has 1 amide bonds. The van der Waals surface area contributed by atoms with Gasteiger partial charge < -0.3 is 4.90 Å². The van der Waals surface area contributed by atoms with E-state index in [9.17, 15) is 9.59 Å². The van der Waals surface area contributed by atoms with Crippen molar-refractivity contribution in [3.05, 3.63) is 35.4 Å². The summed E-state index contributed by atoms with van der Waals surface area (Å²) in [7, 11) is 0. The van der Waals surface area contributed by atoms with Crippen LogP contribution in [-0.2, 0) is 4.79 Å². The summed E-state index contributed by atoms with van der Waals surface area (Å²) in [6.07, 6.45) is 3.79. The van der Waals surface area contributed by atoms with Crippen LogP contribution >= 0.6 is 0 Å². The predicted octanol–water partition coefficient (Wildman–Crippen LogP) is 2.72. The quantitative estimate of drug-likeness (QED) is 0.818. The van der Waals surface area contributed by atoms with Crippen molar-refractivity contribution in [3.63, 3.8) is 0 Å². The molecule has 1 aromatic rings. The van der Waals surface area contributed by atoms with Crippen LogP contribution in [0.2, 0.25) is 0 Å². The van der Waals surface area contributed by atoms with Gasteiger partial charge in [0.25, 0.3) is 5.91 Å². The van der Waals surface area contributed by atoms with Gasteiger partial charge in [0.15, 0.2) is 0 Å². The molecule has 0 saturated heterocycles. The number of carbonyl (C=O) groups excluding carboxylic acids is 2. The Hall–Kier alpha value is -1.64. The second-order valence-corrected chi connectivity index (χ2v) is 5.31. The van der Waals surface area contributed by atoms with Crippen LogP contribution in [0.1, 0.15) is 54.6 Å². The maximum Gasteiger partial charge on any atom is 0.254 e. The third-order valence-corrected chi connectivity index (χ3v) is 4.07. The Labute approximate surface area is 107 Å². The number of rotatable bonds is 3. The van der Waals surface area contributed by atoms with Crippen LogP contribution in [0.3, 0.4) is 0 Å². The van der Waals surface area contributed by atoms with Crippen LogP contribution in [0.5, 0.6) is 0 Å². The maximum absolute atomic E-state index is 12.4. The minimum atomic E-state index is -0.0310. The number of carbonyl (C=O) groups is 2. The fourth-order valence-electron chi connectivity index (χ4n) is 2.98. The van der Waals surface area contributed by atoms with E-state index < -0.39 is 0 Å². The van der Waals surface area contributed by atoms with Crippen molar-refractivity contribution in [2.24, 2.45) is 0 Å². The molecule has 1 aromatic carbocycles. The number of ketones is 1. The lowest BCUT2D eigenvalue weighted by molar-refractivity contribution is -0.118. The highest BCUT2D eigenvalue weighted by molar-refractivity contribution is 6.00. The Balaban J connectivity index is 1.99. The van der Waals surface area contributed by atoms with Crippen molar-refractivity contribution in [3.8, 4) is 0 Å². The SMILES string of the molecule is CC(=O)CC1c2ccccc2C(=O)N1C1CCC1. The van der Waals surface area contributed by atoms with Crippen LogP contribution < -0.4 is 0 Å². The molecule has 1 aliphatic carbocycles. The van der Waals surface area contributed by atoms with Crippen molar-refractivity contribution in [1.82, 2.24) is 4.90 Å². The molecule has 1 saturated carbocycles. The lowest BCUT2D eigenvalue weighted by Crippen LogP contribution is -2.42. The third-order valence-electron chi connectivity index (χ3n) is 4.07. The Morgan fingerprint density at radius 3 is 2.67 bits per heavy atom. The van der Waals surface area contributed by atoms with Gasteiger partial charge in [0.2, 0.25) is 0 Å². The monoisotopic (exact) mass is 243 g/mol. The van der Waals surface area contributed by atoms with Gasteiger partial charge in [-0.1, -0.05) is 18.2 Å². The first kappa shape index (κ1) is 11.5. The zero-order chi connectivity index (χ0) is 12.7. The van der Waals surface area contributed by atoms with E-state index in [-0.39, 0.29) is 17.7 Å². The summed E-state index contributed by atoms with van der Waals surface area (Å²) >= 11 is 0. The summed E-state index contributed by atoms with van der Waals surface area (Å²) in [6, 6.07) is 8.02. The summed E-state index contributed by atoms with van der Waals surface area (Å²) in [5, 5.41) is 0. The van der Waals surface area contributed by atoms with Crippen molar-refractivity contribution in [2.45, 2.75) is 44.7 Å². The molecule has 0 spiro atoms. The standard InChI is InChI=1S/C15H17NO2/c1-10(17)9-14-12-7-2-3-8-13(12)15(18)16(14)11-5-4-6-11/h2-3,7-8,11,14H,4-6,9H2,1H3. The molecule has 1 heterocycles. The zero-order valence-corrected chi connectivity index (χ0v) is 10.6. The summed E-state index contributed by atoms with van der Waals surface area (Å²) in [6.45, 7) is 1.60. The second kappa shape index (κ2) is 4.23. The van der Waals surface area contributed by atoms with E-state index in [0.29, 0.717) is 12.5 Å². The lowest BCUT2D eigenvalue weighted by Gasteiger charge is -2.38. The average Bonchev–Trinajstić information content (AvgIpc) is 2.53. The van der Waals surface area contributed by atoms with Crippen LogP contribution in [-0.4, -0.2) is 22.6 Å². The van der Waals surface area contributed by atoms with E-state index >= 15 is 0 Å². The molecule has 3 rings (SSSR count). The van der Waals surface area contributed by atoms with Gasteiger partial charge in [-0.05, 0) is 37.8 Å². The number of nitrogens with zero attached hydrogens (tertiary/aromatic N) is 1. The van der Waals surface area contributed by atoms with E-state index in [2.05, 4.69) is 0 Å². The van der Waals surface area contributed by atoms with E-state index in [4.69, 9.17) is 0 Å². The molecule has 94 valence electrons. The molecule has 1 unspecified atom stereocenters. The molecule has 3 nitrogen and oxygen atoms in total. The summed E-state index contributed by atoms with van der Waals surface area (Å²) in [5.41, 5.74) is 1.82. The number of benzene rings is 1. The highest BCUT2D eigenvalue weighted by Gasteiger charge is 2.42. The van der Waals surface area contributed by atoms with Gasteiger partial charge >= 0.3 is 0 Å². The summed E-state index contributed by atoms with van der Waals surface area (Å²) in [5.74, 6) is 0.260. The minimum Gasteiger partial charge on any atom is -0.328 e. The fraction of sp³-hybridized carbons (Fsp3) is 0.467. The van der Waals surface area contributed by atoms with Gasteiger partial charge in [0.1, 0.15) is 5.78 Å². The molecule has 0 radical (unpaired) electrons. The molecule has 0 aromatic heterocycles. The smallest absolute Gasteiger partial charge is 0.254 e.